The van der Waals surface area contributed by atoms with E-state index in [0.29, 0.717) is 24.1 Å². The minimum Gasteiger partial charge on any atom is -0.303 e. The van der Waals surface area contributed by atoms with E-state index in [-0.39, 0.29) is 23.7 Å². The third kappa shape index (κ3) is 2.79. The summed E-state index contributed by atoms with van der Waals surface area (Å²) in [6, 6.07) is 6.91. The molecule has 2 rings (SSSR count). The van der Waals surface area contributed by atoms with Crippen molar-refractivity contribution in [2.45, 2.75) is 26.7 Å². The maximum absolute atomic E-state index is 12.2. The van der Waals surface area contributed by atoms with Crippen molar-refractivity contribution in [2.24, 2.45) is 11.8 Å². The summed E-state index contributed by atoms with van der Waals surface area (Å²) in [6.07, 6.45) is 2.26. The molecule has 0 aliphatic carbocycles. The molecule has 0 saturated heterocycles. The van der Waals surface area contributed by atoms with E-state index >= 15 is 0 Å². The van der Waals surface area contributed by atoms with Gasteiger partial charge in [-0.2, -0.15) is 0 Å². The largest absolute Gasteiger partial charge is 0.303 e. The number of aldehydes is 1. The Balaban J connectivity index is 2.03. The molecular formula is C16H19NO3. The molecule has 1 aliphatic rings. The number of benzene rings is 1. The lowest BCUT2D eigenvalue weighted by Crippen LogP contribution is -2.34. The first-order chi connectivity index (χ1) is 9.54. The van der Waals surface area contributed by atoms with Gasteiger partial charge in [-0.15, -0.1) is 0 Å². The van der Waals surface area contributed by atoms with Gasteiger partial charge >= 0.3 is 0 Å². The minimum atomic E-state index is -0.208. The van der Waals surface area contributed by atoms with Crippen LogP contribution in [0, 0.1) is 11.8 Å². The van der Waals surface area contributed by atoms with Crippen LogP contribution in [0.4, 0.5) is 0 Å². The summed E-state index contributed by atoms with van der Waals surface area (Å²) in [5.74, 6) is 0.0471. The highest BCUT2D eigenvalue weighted by Gasteiger charge is 2.35. The monoisotopic (exact) mass is 273 g/mol. The van der Waals surface area contributed by atoms with Crippen LogP contribution < -0.4 is 0 Å². The van der Waals surface area contributed by atoms with Gasteiger partial charge < -0.3 is 4.79 Å². The fraction of sp³-hybridized carbons (Fsp3) is 0.438. The first-order valence-corrected chi connectivity index (χ1v) is 6.93. The molecule has 0 spiro atoms. The SMILES string of the molecule is CC(CC=O)CC(C)CN1C(=O)c2ccccc2C1=O. The molecule has 2 amide bonds. The zero-order valence-corrected chi connectivity index (χ0v) is 11.8. The van der Waals surface area contributed by atoms with Crippen molar-refractivity contribution >= 4 is 18.1 Å². The zero-order chi connectivity index (χ0) is 14.7. The second-order valence-corrected chi connectivity index (χ2v) is 5.61. The van der Waals surface area contributed by atoms with Gasteiger partial charge in [-0.05, 0) is 30.4 Å². The summed E-state index contributed by atoms with van der Waals surface area (Å²) in [5.41, 5.74) is 0.983. The van der Waals surface area contributed by atoms with Gasteiger partial charge in [0.05, 0.1) is 11.1 Å². The van der Waals surface area contributed by atoms with Crippen LogP contribution in [0.1, 0.15) is 47.4 Å². The fourth-order valence-electron chi connectivity index (χ4n) is 2.74. The van der Waals surface area contributed by atoms with Crippen LogP contribution in [-0.2, 0) is 4.79 Å². The standard InChI is InChI=1S/C16H19NO3/c1-11(7-8-18)9-12(2)10-17-15(19)13-5-3-4-6-14(13)16(17)20/h3-6,8,11-12H,7,9-10H2,1-2H3. The first-order valence-electron chi connectivity index (χ1n) is 6.93. The van der Waals surface area contributed by atoms with Crippen molar-refractivity contribution in [3.63, 3.8) is 0 Å². The predicted octanol–water partition coefficient (Wildman–Crippen LogP) is 2.53. The second-order valence-electron chi connectivity index (χ2n) is 5.61. The number of carbonyl (C=O) groups excluding carboxylic acids is 3. The third-order valence-corrected chi connectivity index (χ3v) is 3.68. The molecule has 0 fully saturated rings. The van der Waals surface area contributed by atoms with E-state index in [9.17, 15) is 14.4 Å². The topological polar surface area (TPSA) is 54.5 Å². The minimum absolute atomic E-state index is 0.187. The Morgan fingerprint density at radius 1 is 1.05 bits per heavy atom. The summed E-state index contributed by atoms with van der Waals surface area (Å²) < 4.78 is 0. The number of nitrogens with zero attached hydrogens (tertiary/aromatic N) is 1. The van der Waals surface area contributed by atoms with Crippen molar-refractivity contribution in [1.29, 1.82) is 0 Å². The number of amides is 2. The van der Waals surface area contributed by atoms with E-state index in [0.717, 1.165) is 12.7 Å². The number of imide groups is 1. The van der Waals surface area contributed by atoms with E-state index in [2.05, 4.69) is 0 Å². The number of fused-ring (bicyclic) bond motifs is 1. The van der Waals surface area contributed by atoms with Gasteiger partial charge in [0, 0.05) is 13.0 Å². The normalized spacial score (nSPS) is 17.0. The van der Waals surface area contributed by atoms with E-state index in [1.54, 1.807) is 24.3 Å². The van der Waals surface area contributed by atoms with Crippen molar-refractivity contribution in [2.75, 3.05) is 6.54 Å². The summed E-state index contributed by atoms with van der Waals surface area (Å²) in [7, 11) is 0. The quantitative estimate of drug-likeness (QED) is 0.591. The Morgan fingerprint density at radius 3 is 2.10 bits per heavy atom. The van der Waals surface area contributed by atoms with Crippen molar-refractivity contribution < 1.29 is 14.4 Å². The Labute approximate surface area is 118 Å². The molecular weight excluding hydrogens is 254 g/mol. The van der Waals surface area contributed by atoms with E-state index in [1.165, 1.54) is 4.90 Å². The molecule has 20 heavy (non-hydrogen) atoms. The van der Waals surface area contributed by atoms with Gasteiger partial charge in [0.25, 0.3) is 11.8 Å². The number of hydrogen-bond acceptors (Lipinski definition) is 3. The van der Waals surface area contributed by atoms with Crippen LogP contribution in [0.25, 0.3) is 0 Å². The Morgan fingerprint density at radius 2 is 1.60 bits per heavy atom. The van der Waals surface area contributed by atoms with Crippen LogP contribution in [-0.4, -0.2) is 29.5 Å². The molecule has 1 aliphatic heterocycles. The predicted molar refractivity (Wildman–Crippen MR) is 75.4 cm³/mol. The molecule has 106 valence electrons. The molecule has 0 radical (unpaired) electrons. The van der Waals surface area contributed by atoms with Gasteiger partial charge in [0.15, 0.2) is 0 Å². The van der Waals surface area contributed by atoms with Gasteiger partial charge in [0.2, 0.25) is 0 Å². The lowest BCUT2D eigenvalue weighted by atomic mass is 9.95. The van der Waals surface area contributed by atoms with Crippen LogP contribution in [0.5, 0.6) is 0 Å². The molecule has 0 bridgehead atoms. The first kappa shape index (κ1) is 14.4. The average molecular weight is 273 g/mol. The molecule has 0 aromatic heterocycles. The molecule has 1 aromatic carbocycles. The highest BCUT2D eigenvalue weighted by molar-refractivity contribution is 6.21. The molecule has 2 unspecified atom stereocenters. The highest BCUT2D eigenvalue weighted by Crippen LogP contribution is 2.25. The van der Waals surface area contributed by atoms with Crippen molar-refractivity contribution in [3.8, 4) is 0 Å². The van der Waals surface area contributed by atoms with Gasteiger partial charge in [-0.1, -0.05) is 26.0 Å². The van der Waals surface area contributed by atoms with E-state index < -0.39 is 0 Å². The highest BCUT2D eigenvalue weighted by atomic mass is 16.2. The van der Waals surface area contributed by atoms with E-state index in [4.69, 9.17) is 0 Å². The third-order valence-electron chi connectivity index (χ3n) is 3.68. The average Bonchev–Trinajstić information content (AvgIpc) is 2.65. The summed E-state index contributed by atoms with van der Waals surface area (Å²) >= 11 is 0. The molecule has 4 nitrogen and oxygen atoms in total. The Hall–Kier alpha value is -1.97. The van der Waals surface area contributed by atoms with Gasteiger partial charge in [0.1, 0.15) is 6.29 Å². The number of carbonyl (C=O) groups is 3. The van der Waals surface area contributed by atoms with Crippen LogP contribution >= 0.6 is 0 Å². The molecule has 2 atom stereocenters. The second kappa shape index (κ2) is 5.99. The Bertz CT molecular complexity index is 503. The van der Waals surface area contributed by atoms with Gasteiger partial charge in [-0.25, -0.2) is 0 Å². The Kier molecular flexibility index (Phi) is 4.32. The smallest absolute Gasteiger partial charge is 0.261 e. The summed E-state index contributed by atoms with van der Waals surface area (Å²) in [6.45, 7) is 4.42. The van der Waals surface area contributed by atoms with Crippen LogP contribution in [0.15, 0.2) is 24.3 Å². The van der Waals surface area contributed by atoms with Gasteiger partial charge in [-0.3, -0.25) is 14.5 Å². The molecule has 0 N–H and O–H groups in total. The molecule has 1 heterocycles. The zero-order valence-electron chi connectivity index (χ0n) is 11.8. The van der Waals surface area contributed by atoms with E-state index in [1.807, 2.05) is 13.8 Å². The fourth-order valence-corrected chi connectivity index (χ4v) is 2.74. The lowest BCUT2D eigenvalue weighted by Gasteiger charge is -2.21. The molecule has 4 heteroatoms. The summed E-state index contributed by atoms with van der Waals surface area (Å²) in [4.78, 5) is 36.2. The summed E-state index contributed by atoms with van der Waals surface area (Å²) in [5, 5.41) is 0. The lowest BCUT2D eigenvalue weighted by molar-refractivity contribution is -0.108. The van der Waals surface area contributed by atoms with Crippen LogP contribution in [0.2, 0.25) is 0 Å². The number of rotatable bonds is 6. The maximum atomic E-state index is 12.2. The van der Waals surface area contributed by atoms with Crippen molar-refractivity contribution in [3.05, 3.63) is 35.4 Å². The molecule has 0 saturated carbocycles. The van der Waals surface area contributed by atoms with Crippen molar-refractivity contribution in [1.82, 2.24) is 4.90 Å². The molecule has 1 aromatic rings. The maximum Gasteiger partial charge on any atom is 0.261 e. The number of hydrogen-bond donors (Lipinski definition) is 0. The van der Waals surface area contributed by atoms with Crippen LogP contribution in [0.3, 0.4) is 0 Å².